The maximum Gasteiger partial charge on any atom is 0.187 e. The lowest BCUT2D eigenvalue weighted by Gasteiger charge is -2.37. The molecule has 54 heavy (non-hydrogen) atoms. The van der Waals surface area contributed by atoms with Gasteiger partial charge in [-0.3, -0.25) is 0 Å². The van der Waals surface area contributed by atoms with Gasteiger partial charge in [0.15, 0.2) is 11.5 Å². The van der Waals surface area contributed by atoms with Gasteiger partial charge in [-0.25, -0.2) is 13.7 Å². The Hall–Kier alpha value is -1.47. The van der Waals surface area contributed by atoms with Gasteiger partial charge in [-0.2, -0.15) is 21.1 Å². The van der Waals surface area contributed by atoms with Crippen molar-refractivity contribution < 1.29 is 13.7 Å². The van der Waals surface area contributed by atoms with E-state index in [-0.39, 0.29) is 0 Å². The Morgan fingerprint density at radius 3 is 1.19 bits per heavy atom. The molecule has 0 fully saturated rings. The van der Waals surface area contributed by atoms with Crippen LogP contribution in [-0.2, 0) is 0 Å². The van der Waals surface area contributed by atoms with Gasteiger partial charge in [0.05, 0.1) is 0 Å². The molecular weight excluding hydrogens is 680 g/mol. The number of nitrogens with one attached hydrogen (secondary N) is 1. The van der Waals surface area contributed by atoms with Gasteiger partial charge < -0.3 is 0 Å². The van der Waals surface area contributed by atoms with Crippen LogP contribution < -0.4 is 4.90 Å². The van der Waals surface area contributed by atoms with Crippen molar-refractivity contribution in [3.05, 3.63) is 65.9 Å². The van der Waals surface area contributed by atoms with E-state index in [1.54, 1.807) is 46.8 Å². The molecule has 1 N–H and O–H groups in total. The minimum atomic E-state index is -1.45. The van der Waals surface area contributed by atoms with Crippen molar-refractivity contribution in [1.82, 2.24) is 0 Å². The monoisotopic (exact) mass is 766 g/mol. The number of para-hydroxylation sites is 1. The fourth-order valence-corrected chi connectivity index (χ4v) is 15.4. The summed E-state index contributed by atoms with van der Waals surface area (Å²) in [7, 11) is 0. The highest BCUT2D eigenvalue weighted by atomic mass is 27.2. The fourth-order valence-electron chi connectivity index (χ4n) is 9.10. The van der Waals surface area contributed by atoms with Crippen LogP contribution in [0.4, 0.5) is 20.2 Å². The van der Waals surface area contributed by atoms with E-state index in [2.05, 4.69) is 27.7 Å². The molecule has 308 valence electrons. The van der Waals surface area contributed by atoms with Gasteiger partial charge in [-0.1, -0.05) is 220 Å². The third-order valence-corrected chi connectivity index (χ3v) is 19.1. The van der Waals surface area contributed by atoms with E-state index in [9.17, 15) is 8.78 Å². The number of hydrogen-bond donors (Lipinski definition) is 1. The summed E-state index contributed by atoms with van der Waals surface area (Å²) in [6.07, 6.45) is 45.6. The highest BCUT2D eigenvalue weighted by Crippen LogP contribution is 2.35. The summed E-state index contributed by atoms with van der Waals surface area (Å²) in [4.78, 5) is 0.804. The zero-order chi connectivity index (χ0) is 39.0. The Balaban J connectivity index is 0.000000482. The van der Waals surface area contributed by atoms with E-state index >= 15 is 0 Å². The minimum Gasteiger partial charge on any atom is -0.241 e. The summed E-state index contributed by atoms with van der Waals surface area (Å²) in [6, 6.07) is 11.4. The van der Waals surface area contributed by atoms with Crippen molar-refractivity contribution in [3.63, 3.8) is 0 Å². The molecule has 1 atom stereocenters. The zero-order valence-electron chi connectivity index (χ0n) is 36.2. The van der Waals surface area contributed by atoms with Gasteiger partial charge in [0.1, 0.15) is 30.8 Å². The molecule has 0 spiro atoms. The van der Waals surface area contributed by atoms with E-state index in [0.717, 1.165) is 22.2 Å². The smallest absolute Gasteiger partial charge is 0.187 e. The number of hydrogen-bond acceptors (Lipinski definition) is 0. The molecule has 1 heterocycles. The number of fused-ring (bicyclic) bond motifs is 1. The van der Waals surface area contributed by atoms with Crippen molar-refractivity contribution >= 4 is 30.5 Å². The summed E-state index contributed by atoms with van der Waals surface area (Å²) in [6.45, 7) is 9.38. The van der Waals surface area contributed by atoms with E-state index in [0.29, 0.717) is 5.69 Å². The average Bonchev–Trinajstić information content (AvgIpc) is 3.60. The maximum atomic E-state index is 13.7. The van der Waals surface area contributed by atoms with E-state index in [1.165, 1.54) is 166 Å². The van der Waals surface area contributed by atoms with Crippen molar-refractivity contribution in [3.8, 4) is 0 Å². The van der Waals surface area contributed by atoms with Crippen LogP contribution >= 0.6 is 0 Å². The molecule has 0 bridgehead atoms. The standard InChI is InChI=1S/C14H9F2N.4C9H19.Al/c15-11-5-6-14(12(16)9-11)17-8-7-10-3-1-2-4-13(10)17;4*1-3-5-7-9-8-6-4-2;/h1-9H;4*1,3-9H2,2H3;/q;;;;;-1/p+1. The van der Waals surface area contributed by atoms with Gasteiger partial charge in [-0.15, -0.1) is 0 Å². The number of rotatable bonds is 33. The van der Waals surface area contributed by atoms with Crippen molar-refractivity contribution in [1.29, 1.82) is 0 Å². The number of halogens is 2. The molecule has 1 unspecified atom stereocenters. The molecule has 1 aliphatic heterocycles. The maximum absolute atomic E-state index is 13.7. The molecule has 2 aromatic rings. The topological polar surface area (TPSA) is 4.44 Å². The van der Waals surface area contributed by atoms with E-state index < -0.39 is 24.7 Å². The van der Waals surface area contributed by atoms with Gasteiger partial charge in [0.25, 0.3) is 0 Å². The van der Waals surface area contributed by atoms with Crippen LogP contribution in [0.3, 0.4) is 0 Å². The van der Waals surface area contributed by atoms with Gasteiger partial charge >= 0.3 is 0 Å². The second-order valence-corrected chi connectivity index (χ2v) is 23.1. The van der Waals surface area contributed by atoms with Gasteiger partial charge in [-0.05, 0) is 12.1 Å². The largest absolute Gasteiger partial charge is 0.241 e. The van der Waals surface area contributed by atoms with Gasteiger partial charge in [0, 0.05) is 29.8 Å². The van der Waals surface area contributed by atoms with Crippen LogP contribution in [-0.4, -0.2) is 13.1 Å². The molecule has 0 amide bonds. The van der Waals surface area contributed by atoms with Crippen LogP contribution in [0.15, 0.2) is 48.7 Å². The minimum absolute atomic E-state index is 0.438. The molecule has 0 saturated heterocycles. The summed E-state index contributed by atoms with van der Waals surface area (Å²) in [5, 5.41) is 6.84. The lowest BCUT2D eigenvalue weighted by atomic mass is 10.1. The Kier molecular flexibility index (Phi) is 29.4. The van der Waals surface area contributed by atoms with Crippen LogP contribution in [0.2, 0.25) is 21.1 Å². The molecule has 0 saturated carbocycles. The van der Waals surface area contributed by atoms with Crippen LogP contribution in [0.5, 0.6) is 0 Å². The lowest BCUT2D eigenvalue weighted by Crippen LogP contribution is -2.96. The molecule has 1 nitrogen and oxygen atoms in total. The number of unbranched alkanes of at least 4 members (excludes halogenated alkanes) is 24. The fraction of sp³-hybridized carbons (Fsp3) is 0.720. The Morgan fingerprint density at radius 2 is 0.796 bits per heavy atom. The van der Waals surface area contributed by atoms with Crippen molar-refractivity contribution in [2.45, 2.75) is 229 Å². The Morgan fingerprint density at radius 1 is 0.426 bits per heavy atom. The summed E-state index contributed by atoms with van der Waals surface area (Å²) in [5.74, 6) is -1.08. The quantitative estimate of drug-likeness (QED) is 0.0545. The number of quaternary nitrogens is 1. The second-order valence-electron chi connectivity index (χ2n) is 17.3. The third-order valence-electron chi connectivity index (χ3n) is 12.6. The molecule has 2 aromatic carbocycles. The van der Waals surface area contributed by atoms with Crippen molar-refractivity contribution in [2.75, 3.05) is 0 Å². The summed E-state index contributed by atoms with van der Waals surface area (Å²) < 4.78 is 26.6. The average molecular weight is 766 g/mol. The van der Waals surface area contributed by atoms with Crippen LogP contribution in [0.1, 0.15) is 213 Å². The first kappa shape index (κ1) is 48.7. The third kappa shape index (κ3) is 21.7. The van der Waals surface area contributed by atoms with E-state index in [1.807, 2.05) is 36.5 Å². The second kappa shape index (κ2) is 32.6. The Labute approximate surface area is 337 Å². The highest BCUT2D eigenvalue weighted by Gasteiger charge is 2.27. The summed E-state index contributed by atoms with van der Waals surface area (Å²) in [5.41, 5.74) is 2.48. The molecule has 3 rings (SSSR count). The molecule has 1 aliphatic rings. The Bertz CT molecular complexity index is 1120. The zero-order valence-corrected chi connectivity index (χ0v) is 37.3. The molecule has 0 aliphatic carbocycles. The first-order valence-corrected chi connectivity index (χ1v) is 27.1. The van der Waals surface area contributed by atoms with Gasteiger partial charge in [0.2, 0.25) is 0 Å². The molecule has 0 aromatic heterocycles. The number of benzene rings is 2. The summed E-state index contributed by atoms with van der Waals surface area (Å²) >= 11 is -1.45. The van der Waals surface area contributed by atoms with Crippen LogP contribution in [0.25, 0.3) is 6.08 Å². The lowest BCUT2D eigenvalue weighted by molar-refractivity contribution is -0.695. The van der Waals surface area contributed by atoms with E-state index in [4.69, 9.17) is 0 Å². The molecule has 4 heteroatoms. The normalized spacial score (nSPS) is 13.6. The highest BCUT2D eigenvalue weighted by molar-refractivity contribution is 6.79. The molecular formula is C50H86AlF2N. The predicted molar refractivity (Wildman–Crippen MR) is 239 cm³/mol. The SMILES string of the molecule is CCCCCCCC[CH2][Al-]([CH2]CCCCCCCC)([CH2]CCCCCCCC)[CH2]CCCCCCCC.Fc1ccc([NH+]2C=Cc3ccccc32)c(F)c1. The predicted octanol–water partition coefficient (Wildman–Crippen LogP) is 17.2. The van der Waals surface area contributed by atoms with Crippen LogP contribution in [0, 0.1) is 11.6 Å². The first-order valence-electron chi connectivity index (χ1n) is 23.8. The van der Waals surface area contributed by atoms with Crippen molar-refractivity contribution in [2.24, 2.45) is 0 Å². The molecule has 0 radical (unpaired) electrons. The first-order chi connectivity index (χ1) is 26.5.